The fourth-order valence-corrected chi connectivity index (χ4v) is 5.08. The van der Waals surface area contributed by atoms with Crippen LogP contribution in [0.25, 0.3) is 16.6 Å². The Hall–Kier alpha value is -3.66. The highest BCUT2D eigenvalue weighted by Crippen LogP contribution is 2.55. The second kappa shape index (κ2) is 8.48. The number of aliphatic hydroxyl groups is 1. The summed E-state index contributed by atoms with van der Waals surface area (Å²) in [7, 11) is 0. The molecule has 3 atom stereocenters. The normalized spacial score (nSPS) is 22.0. The minimum atomic E-state index is -5.02. The first kappa shape index (κ1) is 24.1. The first-order valence-corrected chi connectivity index (χ1v) is 11.3. The quantitative estimate of drug-likeness (QED) is 0.284. The maximum absolute atomic E-state index is 14.4. The standard InChI is InChI=1S/C26H22F5N3O2/c1-2-14-12-25(36,26(29,30)31)24(17-10-11-19(28)23(35)22(14)17)33-20-4-3-5-21-18(20)13-32-34(21)16-8-6-15(27)7-9-16/h3-11,13-14,24,33,35-36H,2,12H2,1H3/t14-,24+,25-/m1/s1. The summed E-state index contributed by atoms with van der Waals surface area (Å²) in [6, 6.07) is 10.8. The van der Waals surface area contributed by atoms with Crippen LogP contribution in [0.5, 0.6) is 5.75 Å². The second-order valence-electron chi connectivity index (χ2n) is 8.98. The number of nitrogens with zero attached hydrogens (tertiary/aromatic N) is 2. The van der Waals surface area contributed by atoms with E-state index in [2.05, 4.69) is 10.4 Å². The Labute approximate surface area is 202 Å². The van der Waals surface area contributed by atoms with Gasteiger partial charge in [0.05, 0.1) is 23.4 Å². The van der Waals surface area contributed by atoms with E-state index in [0.717, 1.165) is 6.07 Å². The van der Waals surface area contributed by atoms with Gasteiger partial charge in [-0.15, -0.1) is 0 Å². The van der Waals surface area contributed by atoms with Crippen molar-refractivity contribution in [1.82, 2.24) is 9.78 Å². The van der Waals surface area contributed by atoms with Gasteiger partial charge in [0.25, 0.3) is 0 Å². The Morgan fingerprint density at radius 1 is 1.08 bits per heavy atom. The van der Waals surface area contributed by atoms with E-state index in [1.807, 2.05) is 0 Å². The average Bonchev–Trinajstić information content (AvgIpc) is 3.27. The summed E-state index contributed by atoms with van der Waals surface area (Å²) < 4.78 is 72.2. The third kappa shape index (κ3) is 3.67. The highest BCUT2D eigenvalue weighted by atomic mass is 19.4. The molecule has 0 spiro atoms. The summed E-state index contributed by atoms with van der Waals surface area (Å²) in [4.78, 5) is 0. The monoisotopic (exact) mass is 503 g/mol. The molecule has 188 valence electrons. The first-order valence-electron chi connectivity index (χ1n) is 11.3. The molecule has 5 nitrogen and oxygen atoms in total. The molecule has 1 aromatic heterocycles. The van der Waals surface area contributed by atoms with Crippen LogP contribution >= 0.6 is 0 Å². The molecule has 0 aliphatic heterocycles. The Balaban J connectivity index is 1.66. The minimum Gasteiger partial charge on any atom is -0.505 e. The largest absolute Gasteiger partial charge is 0.505 e. The van der Waals surface area contributed by atoms with Crippen molar-refractivity contribution < 1.29 is 32.2 Å². The molecular formula is C26H22F5N3O2. The van der Waals surface area contributed by atoms with Crippen LogP contribution in [0, 0.1) is 11.6 Å². The van der Waals surface area contributed by atoms with Gasteiger partial charge in [-0.05, 0) is 66.8 Å². The fourth-order valence-electron chi connectivity index (χ4n) is 5.08. The molecule has 4 aromatic rings. The number of halogens is 5. The van der Waals surface area contributed by atoms with Crippen LogP contribution in [0.3, 0.4) is 0 Å². The lowest BCUT2D eigenvalue weighted by Crippen LogP contribution is -2.55. The van der Waals surface area contributed by atoms with Crippen LogP contribution in [0.2, 0.25) is 0 Å². The fraction of sp³-hybridized carbons (Fsp3) is 0.269. The SMILES string of the molecule is CC[C@@H]1C[C@](O)(C(F)(F)F)[C@@H](Nc2cccc3c2cnn3-c2ccc(F)cc2)c2ccc(F)c(O)c21. The molecule has 0 radical (unpaired) electrons. The third-order valence-electron chi connectivity index (χ3n) is 6.92. The van der Waals surface area contributed by atoms with Gasteiger partial charge in [-0.25, -0.2) is 13.5 Å². The number of hydrogen-bond acceptors (Lipinski definition) is 4. The smallest absolute Gasteiger partial charge is 0.419 e. The molecule has 0 bridgehead atoms. The number of phenolic OH excluding ortho intramolecular Hbond substituents is 1. The van der Waals surface area contributed by atoms with Gasteiger partial charge in [0.1, 0.15) is 5.82 Å². The summed E-state index contributed by atoms with van der Waals surface area (Å²) in [5.74, 6) is -2.98. The Kier molecular flexibility index (Phi) is 5.66. The lowest BCUT2D eigenvalue weighted by atomic mass is 9.69. The number of fused-ring (bicyclic) bond motifs is 2. The number of aromatic nitrogens is 2. The van der Waals surface area contributed by atoms with Crippen LogP contribution in [0.1, 0.15) is 42.9 Å². The molecule has 36 heavy (non-hydrogen) atoms. The van der Waals surface area contributed by atoms with E-state index >= 15 is 0 Å². The zero-order chi connectivity index (χ0) is 25.8. The van der Waals surface area contributed by atoms with Gasteiger partial charge in [0, 0.05) is 16.6 Å². The van der Waals surface area contributed by atoms with Crippen LogP contribution in [-0.4, -0.2) is 31.8 Å². The number of anilines is 1. The van der Waals surface area contributed by atoms with Gasteiger partial charge in [-0.3, -0.25) is 0 Å². The number of nitrogens with one attached hydrogen (secondary N) is 1. The van der Waals surface area contributed by atoms with E-state index in [1.54, 1.807) is 25.1 Å². The summed E-state index contributed by atoms with van der Waals surface area (Å²) in [6.45, 7) is 1.62. The molecule has 1 aliphatic carbocycles. The lowest BCUT2D eigenvalue weighted by Gasteiger charge is -2.45. The molecule has 0 amide bonds. The number of alkyl halides is 3. The van der Waals surface area contributed by atoms with Crippen molar-refractivity contribution in [2.24, 2.45) is 0 Å². The van der Waals surface area contributed by atoms with E-state index in [1.165, 1.54) is 41.2 Å². The predicted octanol–water partition coefficient (Wildman–Crippen LogP) is 6.35. The summed E-state index contributed by atoms with van der Waals surface area (Å²) in [6.07, 6.45) is -4.16. The topological polar surface area (TPSA) is 70.3 Å². The predicted molar refractivity (Wildman–Crippen MR) is 124 cm³/mol. The second-order valence-corrected chi connectivity index (χ2v) is 8.98. The van der Waals surface area contributed by atoms with Crippen LogP contribution in [-0.2, 0) is 0 Å². The van der Waals surface area contributed by atoms with Gasteiger partial charge in [0.15, 0.2) is 17.2 Å². The highest BCUT2D eigenvalue weighted by Gasteiger charge is 2.62. The minimum absolute atomic E-state index is 0.0326. The van der Waals surface area contributed by atoms with E-state index in [0.29, 0.717) is 16.6 Å². The molecule has 10 heteroatoms. The van der Waals surface area contributed by atoms with E-state index < -0.39 is 47.5 Å². The van der Waals surface area contributed by atoms with Gasteiger partial charge in [0.2, 0.25) is 0 Å². The zero-order valence-electron chi connectivity index (χ0n) is 19.0. The molecule has 0 fully saturated rings. The first-order chi connectivity index (χ1) is 17.0. The van der Waals surface area contributed by atoms with Crippen molar-refractivity contribution in [2.75, 3.05) is 5.32 Å². The van der Waals surface area contributed by atoms with E-state index in [9.17, 15) is 32.2 Å². The van der Waals surface area contributed by atoms with Gasteiger partial charge in [-0.1, -0.05) is 19.1 Å². The van der Waals surface area contributed by atoms with Crippen LogP contribution in [0.15, 0.2) is 60.8 Å². The average molecular weight is 503 g/mol. The number of aromatic hydroxyl groups is 1. The molecule has 1 heterocycles. The Morgan fingerprint density at radius 2 is 1.81 bits per heavy atom. The maximum Gasteiger partial charge on any atom is 0.419 e. The molecule has 0 saturated carbocycles. The third-order valence-corrected chi connectivity index (χ3v) is 6.92. The lowest BCUT2D eigenvalue weighted by molar-refractivity contribution is -0.272. The summed E-state index contributed by atoms with van der Waals surface area (Å²) in [5.41, 5.74) is -1.85. The van der Waals surface area contributed by atoms with Gasteiger partial charge >= 0.3 is 6.18 Å². The van der Waals surface area contributed by atoms with Crippen LogP contribution in [0.4, 0.5) is 27.6 Å². The Morgan fingerprint density at radius 3 is 2.47 bits per heavy atom. The highest BCUT2D eigenvalue weighted by molar-refractivity contribution is 5.92. The summed E-state index contributed by atoms with van der Waals surface area (Å²) in [5, 5.41) is 29.1. The van der Waals surface area contributed by atoms with Crippen LogP contribution < -0.4 is 5.32 Å². The number of phenols is 1. The van der Waals surface area contributed by atoms with Gasteiger partial charge < -0.3 is 15.5 Å². The Bertz CT molecular complexity index is 1430. The number of rotatable bonds is 4. The van der Waals surface area contributed by atoms with Gasteiger partial charge in [-0.2, -0.15) is 18.3 Å². The van der Waals surface area contributed by atoms with Crippen molar-refractivity contribution in [2.45, 2.75) is 43.5 Å². The molecule has 0 saturated heterocycles. The van der Waals surface area contributed by atoms with Crippen molar-refractivity contribution in [3.05, 3.63) is 83.6 Å². The molecule has 1 aliphatic rings. The molecular weight excluding hydrogens is 481 g/mol. The van der Waals surface area contributed by atoms with Crippen molar-refractivity contribution in [1.29, 1.82) is 0 Å². The molecule has 0 unspecified atom stereocenters. The van der Waals surface area contributed by atoms with Crippen molar-refractivity contribution >= 4 is 16.6 Å². The van der Waals surface area contributed by atoms with E-state index in [4.69, 9.17) is 0 Å². The van der Waals surface area contributed by atoms with Crippen molar-refractivity contribution in [3.63, 3.8) is 0 Å². The zero-order valence-corrected chi connectivity index (χ0v) is 19.0. The maximum atomic E-state index is 14.4. The summed E-state index contributed by atoms with van der Waals surface area (Å²) >= 11 is 0. The van der Waals surface area contributed by atoms with Crippen molar-refractivity contribution in [3.8, 4) is 11.4 Å². The molecule has 5 rings (SSSR count). The number of benzene rings is 3. The number of hydrogen-bond donors (Lipinski definition) is 3. The van der Waals surface area contributed by atoms with E-state index in [-0.39, 0.29) is 23.2 Å². The molecule has 3 N–H and O–H groups in total. The molecule has 3 aromatic carbocycles.